The molecule has 1 aromatic carbocycles. The number of carbonyl (C=O) groups is 1. The lowest BCUT2D eigenvalue weighted by atomic mass is 10.0. The number of benzene rings is 1. The molecule has 0 heterocycles. The van der Waals surface area contributed by atoms with E-state index in [-0.39, 0.29) is 24.5 Å². The smallest absolute Gasteiger partial charge is 0.223 e. The summed E-state index contributed by atoms with van der Waals surface area (Å²) in [6.45, 7) is 3.85. The van der Waals surface area contributed by atoms with Crippen LogP contribution < -0.4 is 5.32 Å². The average Bonchev–Trinajstić information content (AvgIpc) is 2.38. The SMILES string of the molecule is CCC(C)C(=O)N[C@H](CO)Cc1ccccc1. The van der Waals surface area contributed by atoms with Gasteiger partial charge in [0.25, 0.3) is 0 Å². The molecule has 1 aromatic rings. The van der Waals surface area contributed by atoms with Crippen LogP contribution in [-0.2, 0) is 11.2 Å². The number of hydrogen-bond donors (Lipinski definition) is 2. The Labute approximate surface area is 103 Å². The first-order valence-corrected chi connectivity index (χ1v) is 6.12. The van der Waals surface area contributed by atoms with E-state index in [2.05, 4.69) is 5.32 Å². The van der Waals surface area contributed by atoms with Crippen molar-refractivity contribution in [2.45, 2.75) is 32.7 Å². The molecule has 17 heavy (non-hydrogen) atoms. The average molecular weight is 235 g/mol. The monoisotopic (exact) mass is 235 g/mol. The van der Waals surface area contributed by atoms with Crippen molar-refractivity contribution in [3.63, 3.8) is 0 Å². The molecule has 0 bridgehead atoms. The molecule has 0 radical (unpaired) electrons. The molecule has 0 saturated heterocycles. The molecular weight excluding hydrogens is 214 g/mol. The molecule has 0 aromatic heterocycles. The molecule has 1 unspecified atom stereocenters. The Kier molecular flexibility index (Phi) is 5.70. The molecule has 0 aliphatic rings. The van der Waals surface area contributed by atoms with Crippen molar-refractivity contribution in [1.29, 1.82) is 0 Å². The molecule has 3 nitrogen and oxygen atoms in total. The zero-order valence-electron chi connectivity index (χ0n) is 10.5. The third-order valence-corrected chi connectivity index (χ3v) is 2.95. The summed E-state index contributed by atoms with van der Waals surface area (Å²) in [6, 6.07) is 9.67. The van der Waals surface area contributed by atoms with Gasteiger partial charge < -0.3 is 10.4 Å². The fourth-order valence-corrected chi connectivity index (χ4v) is 1.59. The first kappa shape index (κ1) is 13.7. The van der Waals surface area contributed by atoms with Gasteiger partial charge in [0.2, 0.25) is 5.91 Å². The van der Waals surface area contributed by atoms with E-state index in [1.54, 1.807) is 0 Å². The zero-order chi connectivity index (χ0) is 12.7. The Hall–Kier alpha value is -1.35. The number of carbonyl (C=O) groups excluding carboxylic acids is 1. The molecule has 0 fully saturated rings. The van der Waals surface area contributed by atoms with Crippen LogP contribution in [0.1, 0.15) is 25.8 Å². The van der Waals surface area contributed by atoms with Crippen molar-refractivity contribution in [3.8, 4) is 0 Å². The Morgan fingerprint density at radius 2 is 2.00 bits per heavy atom. The topological polar surface area (TPSA) is 49.3 Å². The largest absolute Gasteiger partial charge is 0.394 e. The first-order chi connectivity index (χ1) is 8.17. The van der Waals surface area contributed by atoms with Crippen molar-refractivity contribution in [2.75, 3.05) is 6.61 Å². The lowest BCUT2D eigenvalue weighted by Gasteiger charge is -2.18. The van der Waals surface area contributed by atoms with E-state index in [1.807, 2.05) is 44.2 Å². The highest BCUT2D eigenvalue weighted by molar-refractivity contribution is 5.78. The van der Waals surface area contributed by atoms with E-state index in [1.165, 1.54) is 0 Å². The summed E-state index contributed by atoms with van der Waals surface area (Å²) in [5.74, 6) is 0.0160. The van der Waals surface area contributed by atoms with Crippen molar-refractivity contribution < 1.29 is 9.90 Å². The van der Waals surface area contributed by atoms with Gasteiger partial charge in [-0.3, -0.25) is 4.79 Å². The third-order valence-electron chi connectivity index (χ3n) is 2.95. The second kappa shape index (κ2) is 7.07. The van der Waals surface area contributed by atoms with E-state index in [9.17, 15) is 9.90 Å². The lowest BCUT2D eigenvalue weighted by Crippen LogP contribution is -2.41. The van der Waals surface area contributed by atoms with Gasteiger partial charge in [-0.15, -0.1) is 0 Å². The summed E-state index contributed by atoms with van der Waals surface area (Å²) >= 11 is 0. The van der Waals surface area contributed by atoms with Crippen LogP contribution in [0.4, 0.5) is 0 Å². The van der Waals surface area contributed by atoms with Crippen molar-refractivity contribution >= 4 is 5.91 Å². The van der Waals surface area contributed by atoms with Crippen LogP contribution in [0.25, 0.3) is 0 Å². The van der Waals surface area contributed by atoms with Crippen LogP contribution in [0.2, 0.25) is 0 Å². The lowest BCUT2D eigenvalue weighted by molar-refractivity contribution is -0.125. The van der Waals surface area contributed by atoms with Gasteiger partial charge >= 0.3 is 0 Å². The molecule has 0 spiro atoms. The standard InChI is InChI=1S/C14H21NO2/c1-3-11(2)14(17)15-13(10-16)9-12-7-5-4-6-8-12/h4-8,11,13,16H,3,9-10H2,1-2H3,(H,15,17)/t11?,13-/m0/s1. The number of hydrogen-bond acceptors (Lipinski definition) is 2. The fourth-order valence-electron chi connectivity index (χ4n) is 1.59. The second-order valence-corrected chi connectivity index (χ2v) is 4.39. The second-order valence-electron chi connectivity index (χ2n) is 4.39. The predicted molar refractivity (Wildman–Crippen MR) is 68.6 cm³/mol. The van der Waals surface area contributed by atoms with E-state index in [4.69, 9.17) is 0 Å². The van der Waals surface area contributed by atoms with Crippen LogP contribution in [0.3, 0.4) is 0 Å². The number of amides is 1. The maximum atomic E-state index is 11.7. The van der Waals surface area contributed by atoms with Gasteiger partial charge in [0.1, 0.15) is 0 Å². The van der Waals surface area contributed by atoms with E-state index in [0.717, 1.165) is 12.0 Å². The molecule has 0 aliphatic heterocycles. The van der Waals surface area contributed by atoms with Gasteiger partial charge in [0.05, 0.1) is 12.6 Å². The van der Waals surface area contributed by atoms with Gasteiger partial charge in [0.15, 0.2) is 0 Å². The highest BCUT2D eigenvalue weighted by atomic mass is 16.3. The van der Waals surface area contributed by atoms with Crippen molar-refractivity contribution in [3.05, 3.63) is 35.9 Å². The summed E-state index contributed by atoms with van der Waals surface area (Å²) in [5.41, 5.74) is 1.12. The Morgan fingerprint density at radius 1 is 1.35 bits per heavy atom. The van der Waals surface area contributed by atoms with Gasteiger partial charge in [-0.2, -0.15) is 0 Å². The number of aliphatic hydroxyl groups excluding tert-OH is 1. The van der Waals surface area contributed by atoms with Gasteiger partial charge in [0, 0.05) is 5.92 Å². The number of aliphatic hydroxyl groups is 1. The molecule has 2 atom stereocenters. The highest BCUT2D eigenvalue weighted by Crippen LogP contribution is 2.05. The molecule has 94 valence electrons. The normalized spacial score (nSPS) is 14.1. The minimum Gasteiger partial charge on any atom is -0.394 e. The minimum atomic E-state index is -0.195. The van der Waals surface area contributed by atoms with Gasteiger partial charge in [-0.25, -0.2) is 0 Å². The Bertz CT molecular complexity index is 337. The maximum absolute atomic E-state index is 11.7. The molecule has 2 N–H and O–H groups in total. The number of rotatable bonds is 6. The van der Waals surface area contributed by atoms with Crippen LogP contribution in [0.15, 0.2) is 30.3 Å². The molecule has 1 rings (SSSR count). The summed E-state index contributed by atoms with van der Waals surface area (Å²) in [6.07, 6.45) is 1.48. The van der Waals surface area contributed by atoms with E-state index in [0.29, 0.717) is 6.42 Å². The van der Waals surface area contributed by atoms with Crippen LogP contribution in [0.5, 0.6) is 0 Å². The Balaban J connectivity index is 2.52. The Morgan fingerprint density at radius 3 is 2.53 bits per heavy atom. The zero-order valence-corrected chi connectivity index (χ0v) is 10.5. The van der Waals surface area contributed by atoms with Crippen LogP contribution in [0, 0.1) is 5.92 Å². The van der Waals surface area contributed by atoms with Crippen molar-refractivity contribution in [2.24, 2.45) is 5.92 Å². The molecule has 0 aliphatic carbocycles. The molecular formula is C14H21NO2. The van der Waals surface area contributed by atoms with Crippen LogP contribution >= 0.6 is 0 Å². The fraction of sp³-hybridized carbons (Fsp3) is 0.500. The molecule has 1 amide bonds. The summed E-state index contributed by atoms with van der Waals surface area (Å²) in [4.78, 5) is 11.7. The van der Waals surface area contributed by atoms with E-state index >= 15 is 0 Å². The van der Waals surface area contributed by atoms with E-state index < -0.39 is 0 Å². The molecule has 3 heteroatoms. The minimum absolute atomic E-state index is 0.000164. The maximum Gasteiger partial charge on any atom is 0.223 e. The quantitative estimate of drug-likeness (QED) is 0.789. The summed E-state index contributed by atoms with van der Waals surface area (Å²) in [7, 11) is 0. The molecule has 0 saturated carbocycles. The summed E-state index contributed by atoms with van der Waals surface area (Å²) < 4.78 is 0. The van der Waals surface area contributed by atoms with Gasteiger partial charge in [-0.1, -0.05) is 44.2 Å². The van der Waals surface area contributed by atoms with Crippen LogP contribution in [-0.4, -0.2) is 23.7 Å². The first-order valence-electron chi connectivity index (χ1n) is 6.12. The highest BCUT2D eigenvalue weighted by Gasteiger charge is 2.15. The predicted octanol–water partition coefficient (Wildman–Crippen LogP) is 1.75. The summed E-state index contributed by atoms with van der Waals surface area (Å²) in [5, 5.41) is 12.2. The van der Waals surface area contributed by atoms with Crippen molar-refractivity contribution in [1.82, 2.24) is 5.32 Å². The number of nitrogens with one attached hydrogen (secondary N) is 1. The van der Waals surface area contributed by atoms with Gasteiger partial charge in [-0.05, 0) is 18.4 Å². The third kappa shape index (κ3) is 4.57.